The van der Waals surface area contributed by atoms with Crippen LogP contribution >= 0.6 is 11.3 Å². The lowest BCUT2D eigenvalue weighted by Crippen LogP contribution is -2.17. The van der Waals surface area contributed by atoms with Crippen LogP contribution in [0, 0.1) is 12.8 Å². The molecule has 0 saturated carbocycles. The van der Waals surface area contributed by atoms with E-state index in [-0.39, 0.29) is 23.1 Å². The van der Waals surface area contributed by atoms with Crippen molar-refractivity contribution in [2.75, 3.05) is 5.32 Å². The van der Waals surface area contributed by atoms with Gasteiger partial charge in [-0.25, -0.2) is 9.78 Å². The first-order valence-electron chi connectivity index (χ1n) is 7.92. The van der Waals surface area contributed by atoms with Gasteiger partial charge in [0.25, 0.3) is 0 Å². The summed E-state index contributed by atoms with van der Waals surface area (Å²) in [6.07, 6.45) is 1.27. The standard InChI is InChI=1S/C18H17N3O4S/c1-9(2)16(23)21-18-20-13-5-4-11(7-15(13)26-18)19-8-12-14(22)6-10(3)25-17(12)24/h4-9,22H,1-3H3,(H,20,21,23). The Morgan fingerprint density at radius 1 is 1.38 bits per heavy atom. The highest BCUT2D eigenvalue weighted by Gasteiger charge is 2.11. The summed E-state index contributed by atoms with van der Waals surface area (Å²) in [6.45, 7) is 5.20. The zero-order valence-electron chi connectivity index (χ0n) is 14.4. The number of aryl methyl sites for hydroxylation is 1. The van der Waals surface area contributed by atoms with E-state index in [1.54, 1.807) is 25.1 Å². The van der Waals surface area contributed by atoms with E-state index in [0.29, 0.717) is 16.6 Å². The van der Waals surface area contributed by atoms with Gasteiger partial charge < -0.3 is 14.8 Å². The van der Waals surface area contributed by atoms with Crippen LogP contribution in [0.5, 0.6) is 5.75 Å². The fraction of sp³-hybridized carbons (Fsp3) is 0.222. The van der Waals surface area contributed by atoms with Crippen LogP contribution < -0.4 is 10.9 Å². The Labute approximate surface area is 153 Å². The number of anilines is 1. The van der Waals surface area contributed by atoms with Gasteiger partial charge in [0.05, 0.1) is 15.9 Å². The molecule has 8 heteroatoms. The van der Waals surface area contributed by atoms with E-state index >= 15 is 0 Å². The van der Waals surface area contributed by atoms with Gasteiger partial charge in [0, 0.05) is 18.2 Å². The summed E-state index contributed by atoms with van der Waals surface area (Å²) in [4.78, 5) is 32.1. The number of rotatable bonds is 4. The first kappa shape index (κ1) is 17.8. The number of amides is 1. The number of aromatic hydroxyl groups is 1. The zero-order chi connectivity index (χ0) is 18.8. The molecule has 134 valence electrons. The molecule has 3 rings (SSSR count). The molecule has 0 unspecified atom stereocenters. The number of carbonyl (C=O) groups excluding carboxylic acids is 1. The summed E-state index contributed by atoms with van der Waals surface area (Å²) in [5.74, 6) is -0.0771. The molecule has 1 amide bonds. The molecule has 7 nitrogen and oxygen atoms in total. The number of aromatic nitrogens is 1. The van der Waals surface area contributed by atoms with Gasteiger partial charge in [-0.2, -0.15) is 0 Å². The molecule has 1 aromatic carbocycles. The van der Waals surface area contributed by atoms with Gasteiger partial charge in [-0.3, -0.25) is 9.79 Å². The van der Waals surface area contributed by atoms with Crippen molar-refractivity contribution in [3.8, 4) is 5.75 Å². The van der Waals surface area contributed by atoms with E-state index in [2.05, 4.69) is 15.3 Å². The van der Waals surface area contributed by atoms with Crippen LogP contribution in [0.15, 0.2) is 38.5 Å². The molecule has 3 aromatic rings. The van der Waals surface area contributed by atoms with Gasteiger partial charge in [0.15, 0.2) is 5.13 Å². The van der Waals surface area contributed by atoms with Crippen LogP contribution in [-0.4, -0.2) is 22.2 Å². The average molecular weight is 371 g/mol. The summed E-state index contributed by atoms with van der Waals surface area (Å²) >= 11 is 1.34. The zero-order valence-corrected chi connectivity index (χ0v) is 15.3. The quantitative estimate of drug-likeness (QED) is 0.682. The molecule has 0 aliphatic rings. The van der Waals surface area contributed by atoms with Gasteiger partial charge in [0.2, 0.25) is 5.91 Å². The Bertz CT molecular complexity index is 1070. The second-order valence-electron chi connectivity index (χ2n) is 6.02. The highest BCUT2D eigenvalue weighted by Crippen LogP contribution is 2.29. The molecular formula is C18H17N3O4S. The molecule has 0 bridgehead atoms. The molecule has 0 spiro atoms. The van der Waals surface area contributed by atoms with Crippen molar-refractivity contribution in [1.82, 2.24) is 4.98 Å². The minimum Gasteiger partial charge on any atom is -0.507 e. The average Bonchev–Trinajstić information content (AvgIpc) is 2.95. The summed E-state index contributed by atoms with van der Waals surface area (Å²) in [5.41, 5.74) is 0.668. The molecule has 0 aliphatic carbocycles. The van der Waals surface area contributed by atoms with E-state index in [1.807, 2.05) is 13.8 Å². The van der Waals surface area contributed by atoms with Gasteiger partial charge in [-0.05, 0) is 25.1 Å². The molecule has 0 aliphatic heterocycles. The Balaban J connectivity index is 1.88. The Kier molecular flexibility index (Phi) is 4.85. The molecule has 2 N–H and O–H groups in total. The third-order valence-corrected chi connectivity index (χ3v) is 4.49. The van der Waals surface area contributed by atoms with Crippen LogP contribution in [-0.2, 0) is 4.79 Å². The SMILES string of the molecule is Cc1cc(O)c(C=Nc2ccc3nc(NC(=O)C(C)C)sc3c2)c(=O)o1. The summed E-state index contributed by atoms with van der Waals surface area (Å²) < 4.78 is 5.80. The highest BCUT2D eigenvalue weighted by atomic mass is 32.1. The molecule has 26 heavy (non-hydrogen) atoms. The fourth-order valence-corrected chi connectivity index (χ4v) is 3.06. The first-order valence-corrected chi connectivity index (χ1v) is 8.74. The summed E-state index contributed by atoms with van der Waals surface area (Å²) in [6, 6.07) is 6.67. The number of aliphatic imine (C=N–C) groups is 1. The maximum atomic E-state index is 11.8. The van der Waals surface area contributed by atoms with E-state index < -0.39 is 5.63 Å². The number of thiazole rings is 1. The lowest BCUT2D eigenvalue weighted by Gasteiger charge is -2.02. The minimum atomic E-state index is -0.649. The lowest BCUT2D eigenvalue weighted by molar-refractivity contribution is -0.118. The third-order valence-electron chi connectivity index (χ3n) is 3.56. The normalized spacial score (nSPS) is 11.5. The number of hydrogen-bond acceptors (Lipinski definition) is 7. The van der Waals surface area contributed by atoms with E-state index in [0.717, 1.165) is 10.2 Å². The van der Waals surface area contributed by atoms with Crippen LogP contribution in [0.2, 0.25) is 0 Å². The fourth-order valence-electron chi connectivity index (χ4n) is 2.16. The van der Waals surface area contributed by atoms with Gasteiger partial charge in [-0.1, -0.05) is 25.2 Å². The third kappa shape index (κ3) is 3.80. The molecule has 0 fully saturated rings. The van der Waals surface area contributed by atoms with Crippen LogP contribution in [0.4, 0.5) is 10.8 Å². The maximum absolute atomic E-state index is 11.8. The molecule has 2 aromatic heterocycles. The number of nitrogens with zero attached hydrogens (tertiary/aromatic N) is 2. The minimum absolute atomic E-state index is 0.00936. The van der Waals surface area contributed by atoms with E-state index in [9.17, 15) is 14.7 Å². The predicted molar refractivity (Wildman–Crippen MR) is 102 cm³/mol. The number of carbonyl (C=O) groups is 1. The topological polar surface area (TPSA) is 105 Å². The number of fused-ring (bicyclic) bond motifs is 1. The maximum Gasteiger partial charge on any atom is 0.348 e. The van der Waals surface area contributed by atoms with Crippen molar-refractivity contribution in [3.05, 3.63) is 46.0 Å². The summed E-state index contributed by atoms with van der Waals surface area (Å²) in [5, 5.41) is 13.2. The van der Waals surface area contributed by atoms with Crippen molar-refractivity contribution < 1.29 is 14.3 Å². The number of benzene rings is 1. The van der Waals surface area contributed by atoms with Crippen LogP contribution in [0.25, 0.3) is 10.2 Å². The second kappa shape index (κ2) is 7.09. The highest BCUT2D eigenvalue weighted by molar-refractivity contribution is 7.22. The number of nitrogens with one attached hydrogen (secondary N) is 1. The number of hydrogen-bond donors (Lipinski definition) is 2. The monoisotopic (exact) mass is 371 g/mol. The first-order chi connectivity index (χ1) is 12.3. The largest absolute Gasteiger partial charge is 0.507 e. The van der Waals surface area contributed by atoms with Gasteiger partial charge >= 0.3 is 5.63 Å². The van der Waals surface area contributed by atoms with Crippen molar-refractivity contribution in [1.29, 1.82) is 0 Å². The van der Waals surface area contributed by atoms with Crippen LogP contribution in [0.3, 0.4) is 0 Å². The van der Waals surface area contributed by atoms with Crippen LogP contribution in [0.1, 0.15) is 25.2 Å². The van der Waals surface area contributed by atoms with Crippen molar-refractivity contribution in [2.45, 2.75) is 20.8 Å². The molecule has 2 heterocycles. The van der Waals surface area contributed by atoms with Crippen molar-refractivity contribution in [3.63, 3.8) is 0 Å². The molecule has 0 atom stereocenters. The Hall–Kier alpha value is -3.00. The van der Waals surface area contributed by atoms with Crippen molar-refractivity contribution in [2.24, 2.45) is 10.9 Å². The Morgan fingerprint density at radius 2 is 2.15 bits per heavy atom. The summed E-state index contributed by atoms with van der Waals surface area (Å²) in [7, 11) is 0. The molecule has 0 saturated heterocycles. The Morgan fingerprint density at radius 3 is 2.85 bits per heavy atom. The second-order valence-corrected chi connectivity index (χ2v) is 7.05. The molecule has 0 radical (unpaired) electrons. The lowest BCUT2D eigenvalue weighted by atomic mass is 10.2. The van der Waals surface area contributed by atoms with Gasteiger partial charge in [-0.15, -0.1) is 0 Å². The van der Waals surface area contributed by atoms with Gasteiger partial charge in [0.1, 0.15) is 17.1 Å². The predicted octanol–water partition coefficient (Wildman–Crippen LogP) is 3.61. The van der Waals surface area contributed by atoms with E-state index in [4.69, 9.17) is 4.42 Å². The van der Waals surface area contributed by atoms with Crippen molar-refractivity contribution >= 4 is 44.5 Å². The molecular weight excluding hydrogens is 354 g/mol. The van der Waals surface area contributed by atoms with E-state index in [1.165, 1.54) is 23.6 Å². The smallest absolute Gasteiger partial charge is 0.348 e.